The van der Waals surface area contributed by atoms with Crippen molar-refractivity contribution in [2.45, 2.75) is 207 Å². The molecule has 6 heteroatoms. The fourth-order valence-corrected chi connectivity index (χ4v) is 5.84. The largest absolute Gasteiger partial charge is 0.462 e. The van der Waals surface area contributed by atoms with Crippen LogP contribution in [0.2, 0.25) is 0 Å². The normalized spacial score (nSPS) is 12.7. The van der Waals surface area contributed by atoms with Gasteiger partial charge in [0.15, 0.2) is 6.10 Å². The van der Waals surface area contributed by atoms with Gasteiger partial charge in [-0.3, -0.25) is 14.4 Å². The molecule has 0 rings (SSSR count). The van der Waals surface area contributed by atoms with Crippen molar-refractivity contribution in [3.05, 3.63) is 72.9 Å². The van der Waals surface area contributed by atoms with Crippen LogP contribution in [0.3, 0.4) is 0 Å². The number of carbonyl (C=O) groups excluding carboxylic acids is 3. The predicted octanol–water partition coefficient (Wildman–Crippen LogP) is 14.3. The lowest BCUT2D eigenvalue weighted by molar-refractivity contribution is -0.166. The van der Waals surface area contributed by atoms with Crippen molar-refractivity contribution in [3.63, 3.8) is 0 Å². The minimum atomic E-state index is -0.811. The second-order valence-electron chi connectivity index (χ2n) is 14.6. The highest BCUT2D eigenvalue weighted by atomic mass is 16.6. The van der Waals surface area contributed by atoms with E-state index >= 15 is 0 Å². The molecular weight excluding hydrogens is 685 g/mol. The second kappa shape index (κ2) is 43.6. The van der Waals surface area contributed by atoms with Crippen molar-refractivity contribution in [2.24, 2.45) is 0 Å². The van der Waals surface area contributed by atoms with Crippen LogP contribution in [-0.4, -0.2) is 37.2 Å². The molecule has 0 bridgehead atoms. The lowest BCUT2D eigenvalue weighted by Gasteiger charge is -2.18. The van der Waals surface area contributed by atoms with Crippen molar-refractivity contribution < 1.29 is 28.6 Å². The second-order valence-corrected chi connectivity index (χ2v) is 14.6. The van der Waals surface area contributed by atoms with Gasteiger partial charge in [0, 0.05) is 19.3 Å². The van der Waals surface area contributed by atoms with E-state index in [0.717, 1.165) is 77.0 Å². The molecule has 314 valence electrons. The number of carbonyl (C=O) groups is 3. The summed E-state index contributed by atoms with van der Waals surface area (Å²) in [4.78, 5) is 37.5. The molecule has 0 saturated carbocycles. The first-order valence-corrected chi connectivity index (χ1v) is 22.4. The summed E-state index contributed by atoms with van der Waals surface area (Å²) in [6, 6.07) is 0. The number of hydrogen-bond donors (Lipinski definition) is 0. The number of ether oxygens (including phenoxy) is 3. The molecule has 0 fully saturated rings. The highest BCUT2D eigenvalue weighted by Crippen LogP contribution is 2.12. The molecule has 0 spiro atoms. The summed E-state index contributed by atoms with van der Waals surface area (Å²) in [7, 11) is 0. The van der Waals surface area contributed by atoms with Gasteiger partial charge in [-0.2, -0.15) is 0 Å². The molecule has 55 heavy (non-hydrogen) atoms. The van der Waals surface area contributed by atoms with E-state index in [1.54, 1.807) is 0 Å². The zero-order valence-electron chi connectivity index (χ0n) is 35.7. The quantitative estimate of drug-likeness (QED) is 0.0268. The van der Waals surface area contributed by atoms with Crippen LogP contribution in [-0.2, 0) is 28.6 Å². The predicted molar refractivity (Wildman–Crippen MR) is 233 cm³/mol. The highest BCUT2D eigenvalue weighted by molar-refractivity contribution is 5.71. The van der Waals surface area contributed by atoms with E-state index in [2.05, 4.69) is 81.5 Å². The number of unbranched alkanes of at least 4 members (excludes halogenated alkanes) is 16. The van der Waals surface area contributed by atoms with E-state index in [4.69, 9.17) is 14.2 Å². The Morgan fingerprint density at radius 1 is 0.382 bits per heavy atom. The number of rotatable bonds is 39. The average molecular weight is 767 g/mol. The first kappa shape index (κ1) is 51.9. The maximum Gasteiger partial charge on any atom is 0.306 e. The van der Waals surface area contributed by atoms with Gasteiger partial charge >= 0.3 is 17.9 Å². The maximum absolute atomic E-state index is 12.6. The van der Waals surface area contributed by atoms with E-state index in [0.29, 0.717) is 19.3 Å². The van der Waals surface area contributed by atoms with Crippen LogP contribution in [0.15, 0.2) is 72.9 Å². The molecule has 0 heterocycles. The molecular formula is C49H82O6. The molecule has 0 radical (unpaired) electrons. The van der Waals surface area contributed by atoms with Gasteiger partial charge in [-0.05, 0) is 77.0 Å². The Balaban J connectivity index is 4.40. The van der Waals surface area contributed by atoms with Crippen LogP contribution in [0.4, 0.5) is 0 Å². The zero-order chi connectivity index (χ0) is 40.1. The molecule has 1 unspecified atom stereocenters. The van der Waals surface area contributed by atoms with Gasteiger partial charge < -0.3 is 14.2 Å². The Kier molecular flexibility index (Phi) is 41.1. The average Bonchev–Trinajstić information content (AvgIpc) is 3.18. The van der Waals surface area contributed by atoms with E-state index in [9.17, 15) is 14.4 Å². The minimum Gasteiger partial charge on any atom is -0.462 e. The van der Waals surface area contributed by atoms with Gasteiger partial charge in [0.25, 0.3) is 0 Å². The first-order chi connectivity index (χ1) is 27.0. The van der Waals surface area contributed by atoms with Crippen LogP contribution in [0.25, 0.3) is 0 Å². The van der Waals surface area contributed by atoms with Crippen LogP contribution < -0.4 is 0 Å². The third-order valence-corrected chi connectivity index (χ3v) is 9.21. The van der Waals surface area contributed by atoms with Crippen molar-refractivity contribution in [1.82, 2.24) is 0 Å². The van der Waals surface area contributed by atoms with E-state index in [-0.39, 0.29) is 31.6 Å². The fourth-order valence-electron chi connectivity index (χ4n) is 5.84. The molecule has 0 saturated heterocycles. The highest BCUT2D eigenvalue weighted by Gasteiger charge is 2.19. The molecule has 0 N–H and O–H groups in total. The number of hydrogen-bond acceptors (Lipinski definition) is 6. The van der Waals surface area contributed by atoms with Crippen molar-refractivity contribution in [3.8, 4) is 0 Å². The molecule has 0 aliphatic carbocycles. The minimum absolute atomic E-state index is 0.107. The lowest BCUT2D eigenvalue weighted by atomic mass is 10.1. The topological polar surface area (TPSA) is 78.9 Å². The monoisotopic (exact) mass is 767 g/mol. The Morgan fingerprint density at radius 2 is 0.745 bits per heavy atom. The Labute approximate surface area is 338 Å². The van der Waals surface area contributed by atoms with Crippen molar-refractivity contribution in [1.29, 1.82) is 0 Å². The standard InChI is InChI=1S/C49H82O6/c1-4-7-10-13-16-18-20-22-23-24-25-27-28-30-33-36-39-42-48(51)54-45-46(44-53-47(50)41-38-35-32-15-12-9-6-3)55-49(52)43-40-37-34-31-29-26-21-19-17-14-11-8-5-2/h8,11,16-19,22-23,26,29,34,37,46H,4-7,9-10,12-15,20-21,24-25,27-28,30-33,35-36,38-45H2,1-3H3/b11-8-,18-16-,19-17-,23-22-,29-26-,37-34-. The summed E-state index contributed by atoms with van der Waals surface area (Å²) in [6.07, 6.45) is 53.4. The van der Waals surface area contributed by atoms with Crippen LogP contribution in [0.1, 0.15) is 201 Å². The Morgan fingerprint density at radius 3 is 1.22 bits per heavy atom. The third kappa shape index (κ3) is 41.8. The zero-order valence-corrected chi connectivity index (χ0v) is 35.7. The molecule has 0 amide bonds. The lowest BCUT2D eigenvalue weighted by Crippen LogP contribution is -2.30. The summed E-state index contributed by atoms with van der Waals surface area (Å²) >= 11 is 0. The molecule has 0 aliphatic rings. The maximum atomic E-state index is 12.6. The number of esters is 3. The van der Waals surface area contributed by atoms with Crippen molar-refractivity contribution >= 4 is 17.9 Å². The SMILES string of the molecule is CC/C=C\C/C=C\C/C=C\C/C=C\CCC(=O)OC(COC(=O)CCCCCCCCC)COC(=O)CCCCCCCCC/C=C\C/C=C\CCCCC. The van der Waals surface area contributed by atoms with E-state index < -0.39 is 12.1 Å². The van der Waals surface area contributed by atoms with Gasteiger partial charge in [0.05, 0.1) is 0 Å². The van der Waals surface area contributed by atoms with E-state index in [1.165, 1.54) is 77.0 Å². The summed E-state index contributed by atoms with van der Waals surface area (Å²) in [5.41, 5.74) is 0. The summed E-state index contributed by atoms with van der Waals surface area (Å²) in [5.74, 6) is -1.01. The first-order valence-electron chi connectivity index (χ1n) is 22.4. The third-order valence-electron chi connectivity index (χ3n) is 9.21. The molecule has 1 atom stereocenters. The molecule has 0 aliphatic heterocycles. The molecule has 0 aromatic heterocycles. The van der Waals surface area contributed by atoms with Crippen LogP contribution in [0, 0.1) is 0 Å². The Hall–Kier alpha value is -3.15. The van der Waals surface area contributed by atoms with Crippen molar-refractivity contribution in [2.75, 3.05) is 13.2 Å². The van der Waals surface area contributed by atoms with Gasteiger partial charge in [-0.1, -0.05) is 177 Å². The molecule has 6 nitrogen and oxygen atoms in total. The Bertz CT molecular complexity index is 1070. The molecule has 0 aromatic carbocycles. The van der Waals surface area contributed by atoms with Crippen LogP contribution >= 0.6 is 0 Å². The summed E-state index contributed by atoms with van der Waals surface area (Å²) in [5, 5.41) is 0. The van der Waals surface area contributed by atoms with E-state index in [1.807, 2.05) is 12.2 Å². The fraction of sp³-hybridized carbons (Fsp3) is 0.694. The number of allylic oxidation sites excluding steroid dienone is 12. The van der Waals surface area contributed by atoms with Crippen LogP contribution in [0.5, 0.6) is 0 Å². The smallest absolute Gasteiger partial charge is 0.306 e. The summed E-state index contributed by atoms with van der Waals surface area (Å²) in [6.45, 7) is 6.36. The van der Waals surface area contributed by atoms with Gasteiger partial charge in [-0.25, -0.2) is 0 Å². The summed E-state index contributed by atoms with van der Waals surface area (Å²) < 4.78 is 16.6. The molecule has 0 aromatic rings. The van der Waals surface area contributed by atoms with Gasteiger partial charge in [0.1, 0.15) is 13.2 Å². The van der Waals surface area contributed by atoms with Gasteiger partial charge in [-0.15, -0.1) is 0 Å². The van der Waals surface area contributed by atoms with Gasteiger partial charge in [0.2, 0.25) is 0 Å².